The summed E-state index contributed by atoms with van der Waals surface area (Å²) in [6, 6.07) is 12.7. The van der Waals surface area contributed by atoms with E-state index in [2.05, 4.69) is 6.92 Å². The summed E-state index contributed by atoms with van der Waals surface area (Å²) < 4.78 is 0. The van der Waals surface area contributed by atoms with Crippen molar-refractivity contribution >= 4 is 35.6 Å². The van der Waals surface area contributed by atoms with E-state index in [-0.39, 0.29) is 24.2 Å². The maximum atomic E-state index is 13.0. The number of hydrogen-bond acceptors (Lipinski definition) is 3. The second-order valence-corrected chi connectivity index (χ2v) is 6.87. The summed E-state index contributed by atoms with van der Waals surface area (Å²) in [4.78, 5) is 29.2. The number of amides is 2. The largest absolute Gasteiger partial charge is 0.398 e. The lowest BCUT2D eigenvalue weighted by Gasteiger charge is -2.30. The third-order valence-electron chi connectivity index (χ3n) is 5.07. The summed E-state index contributed by atoms with van der Waals surface area (Å²) >= 11 is 0. The van der Waals surface area contributed by atoms with E-state index in [1.54, 1.807) is 29.2 Å². The highest BCUT2D eigenvalue weighted by atomic mass is 35.5. The van der Waals surface area contributed by atoms with Crippen LogP contribution in [0.5, 0.6) is 0 Å². The van der Waals surface area contributed by atoms with Crippen LogP contribution in [0.1, 0.15) is 53.0 Å². The summed E-state index contributed by atoms with van der Waals surface area (Å²) in [6.07, 6.45) is 2.71. The first-order valence-corrected chi connectivity index (χ1v) is 9.65. The van der Waals surface area contributed by atoms with E-state index < -0.39 is 0 Å². The summed E-state index contributed by atoms with van der Waals surface area (Å²) in [7, 11) is 0. The number of anilines is 2. The first kappa shape index (κ1) is 21.8. The summed E-state index contributed by atoms with van der Waals surface area (Å²) in [5, 5.41) is 0. The number of nitrogens with two attached hydrogens (primary N) is 1. The predicted octanol–water partition coefficient (Wildman–Crippen LogP) is 4.16. The third kappa shape index (κ3) is 4.30. The minimum atomic E-state index is -0.0542. The van der Waals surface area contributed by atoms with Crippen LogP contribution >= 0.6 is 12.4 Å². The number of fused-ring (bicyclic) bond motifs is 1. The van der Waals surface area contributed by atoms with Gasteiger partial charge in [-0.2, -0.15) is 0 Å². The van der Waals surface area contributed by atoms with Crippen LogP contribution in [-0.4, -0.2) is 36.3 Å². The quantitative estimate of drug-likeness (QED) is 0.765. The van der Waals surface area contributed by atoms with Crippen molar-refractivity contribution in [2.45, 2.75) is 33.1 Å². The molecule has 0 fully saturated rings. The number of nitrogen functional groups attached to an aromatic ring is 1. The van der Waals surface area contributed by atoms with E-state index in [1.165, 1.54) is 0 Å². The Balaban J connectivity index is 0.00000280. The summed E-state index contributed by atoms with van der Waals surface area (Å²) in [6.45, 7) is 6.13. The fourth-order valence-electron chi connectivity index (χ4n) is 3.63. The van der Waals surface area contributed by atoms with E-state index in [1.807, 2.05) is 30.0 Å². The van der Waals surface area contributed by atoms with Gasteiger partial charge in [0.05, 0.1) is 0 Å². The number of rotatable bonds is 5. The number of benzene rings is 2. The first-order valence-electron chi connectivity index (χ1n) is 9.65. The molecule has 2 N–H and O–H groups in total. The molecule has 2 amide bonds. The van der Waals surface area contributed by atoms with Crippen molar-refractivity contribution in [2.24, 2.45) is 0 Å². The molecule has 2 aromatic rings. The maximum Gasteiger partial charge on any atom is 0.258 e. The van der Waals surface area contributed by atoms with Crippen molar-refractivity contribution in [3.8, 4) is 0 Å². The van der Waals surface area contributed by atoms with Crippen LogP contribution in [0, 0.1) is 0 Å². The van der Waals surface area contributed by atoms with Crippen molar-refractivity contribution in [1.29, 1.82) is 0 Å². The summed E-state index contributed by atoms with van der Waals surface area (Å²) in [5.41, 5.74) is 9.96. The van der Waals surface area contributed by atoms with Crippen LogP contribution in [0.15, 0.2) is 42.5 Å². The highest BCUT2D eigenvalue weighted by molar-refractivity contribution is 6.07. The third-order valence-corrected chi connectivity index (χ3v) is 5.07. The van der Waals surface area contributed by atoms with Crippen LogP contribution < -0.4 is 10.6 Å². The molecule has 28 heavy (non-hydrogen) atoms. The van der Waals surface area contributed by atoms with Gasteiger partial charge in [0.25, 0.3) is 11.8 Å². The molecule has 0 unspecified atom stereocenters. The number of nitrogens with zero attached hydrogens (tertiary/aromatic N) is 2. The zero-order valence-corrected chi connectivity index (χ0v) is 17.3. The normalized spacial score (nSPS) is 12.7. The van der Waals surface area contributed by atoms with E-state index in [0.717, 1.165) is 42.7 Å². The lowest BCUT2D eigenvalue weighted by Crippen LogP contribution is -2.36. The Kier molecular flexibility index (Phi) is 7.46. The zero-order valence-electron chi connectivity index (χ0n) is 16.5. The van der Waals surface area contributed by atoms with Gasteiger partial charge in [-0.05, 0) is 68.1 Å². The van der Waals surface area contributed by atoms with Gasteiger partial charge in [0.2, 0.25) is 0 Å². The van der Waals surface area contributed by atoms with Crippen LogP contribution in [0.25, 0.3) is 0 Å². The van der Waals surface area contributed by atoms with Gasteiger partial charge in [0.15, 0.2) is 0 Å². The Morgan fingerprint density at radius 3 is 2.39 bits per heavy atom. The molecule has 1 heterocycles. The molecule has 0 radical (unpaired) electrons. The predicted molar refractivity (Wildman–Crippen MR) is 116 cm³/mol. The second-order valence-electron chi connectivity index (χ2n) is 6.87. The molecular formula is C22H28ClN3O2. The van der Waals surface area contributed by atoms with Gasteiger partial charge in [-0.25, -0.2) is 0 Å². The average molecular weight is 402 g/mol. The molecule has 0 aliphatic carbocycles. The van der Waals surface area contributed by atoms with Gasteiger partial charge in [0, 0.05) is 42.1 Å². The minimum absolute atomic E-state index is 0. The molecule has 0 aromatic heterocycles. The average Bonchev–Trinajstić information content (AvgIpc) is 2.71. The Morgan fingerprint density at radius 1 is 1.07 bits per heavy atom. The molecule has 1 aliphatic heterocycles. The van der Waals surface area contributed by atoms with Crippen LogP contribution in [0.2, 0.25) is 0 Å². The van der Waals surface area contributed by atoms with Crippen molar-refractivity contribution in [2.75, 3.05) is 30.3 Å². The van der Waals surface area contributed by atoms with Gasteiger partial charge in [0.1, 0.15) is 0 Å². The smallest absolute Gasteiger partial charge is 0.258 e. The lowest BCUT2D eigenvalue weighted by molar-refractivity contribution is 0.0764. The Hall–Kier alpha value is -2.53. The topological polar surface area (TPSA) is 66.6 Å². The lowest BCUT2D eigenvalue weighted by atomic mass is 9.99. The van der Waals surface area contributed by atoms with Gasteiger partial charge in [-0.1, -0.05) is 13.0 Å². The number of halogens is 1. The monoisotopic (exact) mass is 401 g/mol. The fraction of sp³-hybridized carbons (Fsp3) is 0.364. The van der Waals surface area contributed by atoms with E-state index in [9.17, 15) is 9.59 Å². The zero-order chi connectivity index (χ0) is 19.4. The molecular weight excluding hydrogens is 374 g/mol. The fourth-order valence-corrected chi connectivity index (χ4v) is 3.63. The molecule has 0 bridgehead atoms. The molecule has 3 rings (SSSR count). The number of carbonyl (C=O) groups excluding carboxylic acids is 2. The van der Waals surface area contributed by atoms with E-state index in [0.29, 0.717) is 24.2 Å². The molecule has 1 aliphatic rings. The van der Waals surface area contributed by atoms with Crippen molar-refractivity contribution in [3.63, 3.8) is 0 Å². The van der Waals surface area contributed by atoms with Crippen molar-refractivity contribution < 1.29 is 9.59 Å². The number of carbonyl (C=O) groups is 2. The van der Waals surface area contributed by atoms with Crippen molar-refractivity contribution in [3.05, 3.63) is 59.2 Å². The minimum Gasteiger partial charge on any atom is -0.398 e. The molecule has 2 aromatic carbocycles. The second kappa shape index (κ2) is 9.60. The van der Waals surface area contributed by atoms with Gasteiger partial charge in [-0.3, -0.25) is 9.59 Å². The molecule has 0 saturated heterocycles. The standard InChI is InChI=1S/C22H27N3O2.ClH/c1-3-14-24(4-2)21(26)16-10-12-17(13-11-16)22(27)25-15-6-7-18-19(23)8-5-9-20(18)25;/h5,8-13H,3-4,6-7,14-15,23H2,1-2H3;1H. The van der Waals surface area contributed by atoms with Crippen LogP contribution in [-0.2, 0) is 6.42 Å². The molecule has 0 spiro atoms. The highest BCUT2D eigenvalue weighted by Crippen LogP contribution is 2.32. The van der Waals surface area contributed by atoms with Gasteiger partial charge in [-0.15, -0.1) is 12.4 Å². The first-order chi connectivity index (χ1) is 13.1. The maximum absolute atomic E-state index is 13.0. The SMILES string of the molecule is CCCN(CC)C(=O)c1ccc(C(=O)N2CCCc3c(N)cccc32)cc1.Cl. The highest BCUT2D eigenvalue weighted by Gasteiger charge is 2.25. The molecule has 6 heteroatoms. The van der Waals surface area contributed by atoms with Gasteiger partial charge >= 0.3 is 0 Å². The van der Waals surface area contributed by atoms with Gasteiger partial charge < -0.3 is 15.5 Å². The Labute approximate surface area is 172 Å². The molecule has 0 saturated carbocycles. The van der Waals surface area contributed by atoms with Crippen LogP contribution in [0.4, 0.5) is 11.4 Å². The Morgan fingerprint density at radius 2 is 1.75 bits per heavy atom. The summed E-state index contributed by atoms with van der Waals surface area (Å²) in [5.74, 6) is -0.0455. The molecule has 150 valence electrons. The Bertz CT molecular complexity index is 836. The van der Waals surface area contributed by atoms with Crippen molar-refractivity contribution in [1.82, 2.24) is 4.90 Å². The van der Waals surface area contributed by atoms with Crippen LogP contribution in [0.3, 0.4) is 0 Å². The van der Waals surface area contributed by atoms with E-state index >= 15 is 0 Å². The van der Waals surface area contributed by atoms with E-state index in [4.69, 9.17) is 5.73 Å². The molecule has 5 nitrogen and oxygen atoms in total. The molecule has 0 atom stereocenters. The number of hydrogen-bond donors (Lipinski definition) is 1.